The first-order valence-electron chi connectivity index (χ1n) is 12.4. The summed E-state index contributed by atoms with van der Waals surface area (Å²) in [6.07, 6.45) is 9.18. The second kappa shape index (κ2) is 15.4. The number of aliphatic hydroxyl groups excluding tert-OH is 1. The number of rotatable bonds is 17. The summed E-state index contributed by atoms with van der Waals surface area (Å²) in [5.41, 5.74) is 3.33. The average Bonchev–Trinajstić information content (AvgIpc) is 2.85. The maximum Gasteiger partial charge on any atom is 0.162 e. The van der Waals surface area contributed by atoms with E-state index in [2.05, 4.69) is 31.2 Å². The van der Waals surface area contributed by atoms with Crippen molar-refractivity contribution in [2.75, 3.05) is 13.7 Å². The Balaban J connectivity index is 1.67. The van der Waals surface area contributed by atoms with E-state index >= 15 is 0 Å². The zero-order chi connectivity index (χ0) is 23.9. The van der Waals surface area contributed by atoms with E-state index in [0.29, 0.717) is 36.5 Å². The Morgan fingerprint density at radius 1 is 0.848 bits per heavy atom. The fraction of sp³-hybridized carbons (Fsp3) is 0.517. The van der Waals surface area contributed by atoms with E-state index in [1.54, 1.807) is 31.4 Å². The van der Waals surface area contributed by atoms with E-state index in [1.807, 2.05) is 0 Å². The predicted molar refractivity (Wildman–Crippen MR) is 134 cm³/mol. The SMILES string of the molecule is CC[C@@H](CC(=O)CCCCC(=O)c1ccc(OC)cc1)Cc1ccc(CCCCCO)cc1. The van der Waals surface area contributed by atoms with Crippen LogP contribution in [0, 0.1) is 5.92 Å². The summed E-state index contributed by atoms with van der Waals surface area (Å²) in [5, 5.41) is 8.87. The molecular weight excluding hydrogens is 412 g/mol. The molecule has 33 heavy (non-hydrogen) atoms. The molecule has 0 heterocycles. The van der Waals surface area contributed by atoms with Gasteiger partial charge in [-0.25, -0.2) is 0 Å². The van der Waals surface area contributed by atoms with E-state index in [0.717, 1.165) is 57.1 Å². The predicted octanol–water partition coefficient (Wildman–Crippen LogP) is 6.37. The van der Waals surface area contributed by atoms with Crippen LogP contribution in [0.1, 0.15) is 86.2 Å². The van der Waals surface area contributed by atoms with Gasteiger partial charge in [-0.05, 0) is 79.8 Å². The molecule has 2 aromatic rings. The Labute approximate surface area is 199 Å². The molecule has 0 aliphatic carbocycles. The summed E-state index contributed by atoms with van der Waals surface area (Å²) in [6, 6.07) is 16.0. The maximum absolute atomic E-state index is 12.5. The van der Waals surface area contributed by atoms with Gasteiger partial charge in [-0.1, -0.05) is 44.0 Å². The molecule has 0 aliphatic heterocycles. The number of methoxy groups -OCH3 is 1. The Hall–Kier alpha value is -2.46. The molecule has 0 radical (unpaired) electrons. The van der Waals surface area contributed by atoms with Crippen molar-refractivity contribution in [3.05, 3.63) is 65.2 Å². The number of unbranched alkanes of at least 4 members (excludes halogenated alkanes) is 3. The van der Waals surface area contributed by atoms with Crippen molar-refractivity contribution >= 4 is 11.6 Å². The fourth-order valence-electron chi connectivity index (χ4n) is 4.11. The van der Waals surface area contributed by atoms with Gasteiger partial charge in [0.2, 0.25) is 0 Å². The fourth-order valence-corrected chi connectivity index (χ4v) is 4.11. The van der Waals surface area contributed by atoms with Crippen molar-refractivity contribution in [3.8, 4) is 5.75 Å². The molecule has 1 N–H and O–H groups in total. The van der Waals surface area contributed by atoms with Gasteiger partial charge in [0.05, 0.1) is 7.11 Å². The molecule has 0 bridgehead atoms. The van der Waals surface area contributed by atoms with E-state index in [-0.39, 0.29) is 12.4 Å². The topological polar surface area (TPSA) is 63.6 Å². The van der Waals surface area contributed by atoms with Crippen LogP contribution in [0.15, 0.2) is 48.5 Å². The summed E-state index contributed by atoms with van der Waals surface area (Å²) >= 11 is 0. The van der Waals surface area contributed by atoms with Crippen LogP contribution in [0.2, 0.25) is 0 Å². The molecule has 0 saturated carbocycles. The van der Waals surface area contributed by atoms with Crippen LogP contribution in [0.25, 0.3) is 0 Å². The first-order chi connectivity index (χ1) is 16.0. The third-order valence-electron chi connectivity index (χ3n) is 6.29. The lowest BCUT2D eigenvalue weighted by atomic mass is 9.90. The minimum Gasteiger partial charge on any atom is -0.497 e. The molecule has 4 nitrogen and oxygen atoms in total. The summed E-state index contributed by atoms with van der Waals surface area (Å²) in [6.45, 7) is 2.43. The Kier molecular flexibility index (Phi) is 12.5. The second-order valence-corrected chi connectivity index (χ2v) is 8.93. The number of carbonyl (C=O) groups excluding carboxylic acids is 2. The van der Waals surface area contributed by atoms with E-state index in [1.165, 1.54) is 11.1 Å². The van der Waals surface area contributed by atoms with Gasteiger partial charge in [-0.3, -0.25) is 9.59 Å². The van der Waals surface area contributed by atoms with Crippen molar-refractivity contribution in [2.24, 2.45) is 5.92 Å². The van der Waals surface area contributed by atoms with Gasteiger partial charge in [0.1, 0.15) is 11.5 Å². The van der Waals surface area contributed by atoms with Crippen molar-refractivity contribution < 1.29 is 19.4 Å². The maximum atomic E-state index is 12.5. The van der Waals surface area contributed by atoms with Gasteiger partial charge in [-0.15, -0.1) is 0 Å². The zero-order valence-corrected chi connectivity index (χ0v) is 20.4. The molecule has 180 valence electrons. The highest BCUT2D eigenvalue weighted by Crippen LogP contribution is 2.20. The highest BCUT2D eigenvalue weighted by atomic mass is 16.5. The van der Waals surface area contributed by atoms with Crippen LogP contribution in [-0.2, 0) is 17.6 Å². The molecule has 0 amide bonds. The third-order valence-corrected chi connectivity index (χ3v) is 6.29. The summed E-state index contributed by atoms with van der Waals surface area (Å²) in [7, 11) is 1.61. The van der Waals surface area contributed by atoms with E-state index < -0.39 is 0 Å². The van der Waals surface area contributed by atoms with Gasteiger partial charge in [-0.2, -0.15) is 0 Å². The van der Waals surface area contributed by atoms with E-state index in [9.17, 15) is 9.59 Å². The average molecular weight is 453 g/mol. The molecule has 0 aliphatic rings. The van der Waals surface area contributed by atoms with Gasteiger partial charge in [0.25, 0.3) is 0 Å². The second-order valence-electron chi connectivity index (χ2n) is 8.93. The van der Waals surface area contributed by atoms with Gasteiger partial charge in [0.15, 0.2) is 5.78 Å². The van der Waals surface area contributed by atoms with Crippen LogP contribution in [0.3, 0.4) is 0 Å². The molecule has 4 heteroatoms. The number of hydrogen-bond donors (Lipinski definition) is 1. The molecule has 0 saturated heterocycles. The summed E-state index contributed by atoms with van der Waals surface area (Å²) in [4.78, 5) is 24.8. The molecule has 1 atom stereocenters. The Bertz CT molecular complexity index is 824. The number of benzene rings is 2. The van der Waals surface area contributed by atoms with Crippen molar-refractivity contribution in [2.45, 2.75) is 77.6 Å². The normalized spacial score (nSPS) is 11.8. The van der Waals surface area contributed by atoms with Gasteiger partial charge < -0.3 is 9.84 Å². The standard InChI is InChI=1S/C29H40O4/c1-3-23(21-25-14-12-24(13-15-25)9-5-4-8-20-30)22-27(31)10-6-7-11-29(32)26-16-18-28(33-2)19-17-26/h12-19,23,30H,3-11,20-22H2,1-2H3/t23-/m1/s1. The monoisotopic (exact) mass is 452 g/mol. The third kappa shape index (κ3) is 10.3. The van der Waals surface area contributed by atoms with Crippen molar-refractivity contribution in [1.82, 2.24) is 0 Å². The van der Waals surface area contributed by atoms with Gasteiger partial charge >= 0.3 is 0 Å². The Morgan fingerprint density at radius 2 is 1.52 bits per heavy atom. The number of aryl methyl sites for hydroxylation is 1. The van der Waals surface area contributed by atoms with Crippen molar-refractivity contribution in [1.29, 1.82) is 0 Å². The number of hydrogen-bond acceptors (Lipinski definition) is 4. The summed E-state index contributed by atoms with van der Waals surface area (Å²) < 4.78 is 5.12. The molecule has 2 aromatic carbocycles. The molecule has 0 unspecified atom stereocenters. The summed E-state index contributed by atoms with van der Waals surface area (Å²) in [5.74, 6) is 1.54. The van der Waals surface area contributed by atoms with Gasteiger partial charge in [0, 0.05) is 31.4 Å². The minimum absolute atomic E-state index is 0.119. The quantitative estimate of drug-likeness (QED) is 0.224. The van der Waals surface area contributed by atoms with Crippen molar-refractivity contribution in [3.63, 3.8) is 0 Å². The number of carbonyl (C=O) groups is 2. The molecule has 0 fully saturated rings. The molecule has 2 rings (SSSR count). The lowest BCUT2D eigenvalue weighted by Gasteiger charge is -2.14. The lowest BCUT2D eigenvalue weighted by molar-refractivity contribution is -0.120. The highest BCUT2D eigenvalue weighted by molar-refractivity contribution is 5.96. The first-order valence-corrected chi connectivity index (χ1v) is 12.4. The Morgan fingerprint density at radius 3 is 2.15 bits per heavy atom. The van der Waals surface area contributed by atoms with Crippen LogP contribution in [-0.4, -0.2) is 30.4 Å². The van der Waals surface area contributed by atoms with Crippen LogP contribution >= 0.6 is 0 Å². The number of ether oxygens (including phenoxy) is 1. The minimum atomic E-state index is 0.119. The molecule has 0 aromatic heterocycles. The van der Waals surface area contributed by atoms with Crippen LogP contribution < -0.4 is 4.74 Å². The lowest BCUT2D eigenvalue weighted by Crippen LogP contribution is -2.11. The number of ketones is 2. The molecule has 0 spiro atoms. The van der Waals surface area contributed by atoms with Crippen LogP contribution in [0.5, 0.6) is 5.75 Å². The first kappa shape index (κ1) is 26.8. The number of Topliss-reactive ketones (excluding diaryl/α,β-unsaturated/α-hetero) is 2. The molecular formula is C29H40O4. The highest BCUT2D eigenvalue weighted by Gasteiger charge is 2.14. The van der Waals surface area contributed by atoms with Crippen LogP contribution in [0.4, 0.5) is 0 Å². The van der Waals surface area contributed by atoms with E-state index in [4.69, 9.17) is 9.84 Å². The number of aliphatic hydroxyl groups is 1. The zero-order valence-electron chi connectivity index (χ0n) is 20.4. The largest absolute Gasteiger partial charge is 0.497 e. The smallest absolute Gasteiger partial charge is 0.162 e.